The molecule has 0 aliphatic carbocycles. The first kappa shape index (κ1) is 24.5. The summed E-state index contributed by atoms with van der Waals surface area (Å²) in [6, 6.07) is 10.8. The van der Waals surface area contributed by atoms with E-state index in [0.717, 1.165) is 11.1 Å². The van der Waals surface area contributed by atoms with Crippen LogP contribution in [0.5, 0.6) is 5.88 Å². The van der Waals surface area contributed by atoms with Crippen molar-refractivity contribution in [3.63, 3.8) is 0 Å². The van der Waals surface area contributed by atoms with Gasteiger partial charge in [-0.2, -0.15) is 18.3 Å². The van der Waals surface area contributed by atoms with Gasteiger partial charge in [0, 0.05) is 48.7 Å². The standard InChI is InChI=1S/C23H23ClF3N7O/c1-16-30-31-22(34(16)14-19-4-3-9-28-21(19)35-15-23(25,26)27)33(13-18-10-29-32(2)11-18)12-17-5-7-20(24)8-6-17/h3-11H,12-15H2,1-2H3. The van der Waals surface area contributed by atoms with Crippen molar-refractivity contribution in [2.75, 3.05) is 11.5 Å². The molecule has 0 aliphatic heterocycles. The molecule has 0 fully saturated rings. The predicted molar refractivity (Wildman–Crippen MR) is 124 cm³/mol. The Labute approximate surface area is 204 Å². The summed E-state index contributed by atoms with van der Waals surface area (Å²) < 4.78 is 46.7. The highest BCUT2D eigenvalue weighted by atomic mass is 35.5. The smallest absolute Gasteiger partial charge is 0.422 e. The Balaban J connectivity index is 1.65. The van der Waals surface area contributed by atoms with Crippen molar-refractivity contribution < 1.29 is 17.9 Å². The molecule has 184 valence electrons. The van der Waals surface area contributed by atoms with Gasteiger partial charge in [-0.15, -0.1) is 10.2 Å². The van der Waals surface area contributed by atoms with Crippen LogP contribution in [0.3, 0.4) is 0 Å². The molecule has 0 saturated heterocycles. The number of anilines is 1. The molecule has 0 aliphatic rings. The number of benzene rings is 1. The van der Waals surface area contributed by atoms with Gasteiger partial charge in [-0.25, -0.2) is 4.98 Å². The molecule has 0 atom stereocenters. The maximum Gasteiger partial charge on any atom is 0.422 e. The molecule has 35 heavy (non-hydrogen) atoms. The van der Waals surface area contributed by atoms with Crippen molar-refractivity contribution in [3.8, 4) is 5.88 Å². The number of nitrogens with zero attached hydrogens (tertiary/aromatic N) is 7. The van der Waals surface area contributed by atoms with Crippen molar-refractivity contribution in [3.05, 3.63) is 82.5 Å². The molecule has 0 unspecified atom stereocenters. The van der Waals surface area contributed by atoms with Gasteiger partial charge in [0.1, 0.15) is 5.82 Å². The monoisotopic (exact) mass is 505 g/mol. The third kappa shape index (κ3) is 6.50. The van der Waals surface area contributed by atoms with Gasteiger partial charge in [0.2, 0.25) is 11.8 Å². The van der Waals surface area contributed by atoms with Crippen LogP contribution in [-0.4, -0.2) is 42.3 Å². The van der Waals surface area contributed by atoms with Gasteiger partial charge in [-0.3, -0.25) is 9.25 Å². The van der Waals surface area contributed by atoms with Crippen LogP contribution in [-0.2, 0) is 26.7 Å². The van der Waals surface area contributed by atoms with E-state index in [0.29, 0.717) is 35.4 Å². The van der Waals surface area contributed by atoms with Gasteiger partial charge >= 0.3 is 6.18 Å². The van der Waals surface area contributed by atoms with Crippen LogP contribution < -0.4 is 9.64 Å². The lowest BCUT2D eigenvalue weighted by molar-refractivity contribution is -0.154. The summed E-state index contributed by atoms with van der Waals surface area (Å²) >= 11 is 6.05. The Bertz CT molecular complexity index is 1270. The van der Waals surface area contributed by atoms with Gasteiger partial charge in [0.25, 0.3) is 0 Å². The van der Waals surface area contributed by atoms with E-state index >= 15 is 0 Å². The molecule has 1 aromatic carbocycles. The number of pyridine rings is 1. The number of hydrogen-bond acceptors (Lipinski definition) is 6. The first-order valence-corrected chi connectivity index (χ1v) is 11.1. The molecule has 4 aromatic rings. The van der Waals surface area contributed by atoms with Crippen LogP contribution in [0.2, 0.25) is 5.02 Å². The Morgan fingerprint density at radius 1 is 1.06 bits per heavy atom. The fourth-order valence-corrected chi connectivity index (χ4v) is 3.69. The summed E-state index contributed by atoms with van der Waals surface area (Å²) in [6.07, 6.45) is 0.606. The molecular formula is C23H23ClF3N7O. The van der Waals surface area contributed by atoms with Gasteiger partial charge in [0.05, 0.1) is 12.7 Å². The topological polar surface area (TPSA) is 73.9 Å². The van der Waals surface area contributed by atoms with E-state index in [1.54, 1.807) is 29.9 Å². The highest BCUT2D eigenvalue weighted by molar-refractivity contribution is 6.30. The maximum absolute atomic E-state index is 12.7. The Hall–Kier alpha value is -3.60. The summed E-state index contributed by atoms with van der Waals surface area (Å²) in [7, 11) is 1.84. The van der Waals surface area contributed by atoms with Crippen molar-refractivity contribution in [2.24, 2.45) is 7.05 Å². The summed E-state index contributed by atoms with van der Waals surface area (Å²) in [5.74, 6) is 1.06. The second kappa shape index (κ2) is 10.3. The summed E-state index contributed by atoms with van der Waals surface area (Å²) in [5.41, 5.74) is 2.44. The van der Waals surface area contributed by atoms with E-state index in [4.69, 9.17) is 16.3 Å². The third-order valence-electron chi connectivity index (χ3n) is 5.17. The summed E-state index contributed by atoms with van der Waals surface area (Å²) in [6.45, 7) is 1.52. The van der Waals surface area contributed by atoms with Crippen molar-refractivity contribution in [2.45, 2.75) is 32.7 Å². The van der Waals surface area contributed by atoms with Crippen molar-refractivity contribution in [1.82, 2.24) is 29.5 Å². The Morgan fingerprint density at radius 3 is 2.49 bits per heavy atom. The average Bonchev–Trinajstić information content (AvgIpc) is 3.38. The molecule has 0 bridgehead atoms. The number of halogens is 4. The van der Waals surface area contributed by atoms with Crippen molar-refractivity contribution >= 4 is 17.5 Å². The lowest BCUT2D eigenvalue weighted by atomic mass is 10.2. The molecule has 0 amide bonds. The van der Waals surface area contributed by atoms with Crippen LogP contribution in [0.1, 0.15) is 22.5 Å². The van der Waals surface area contributed by atoms with Gasteiger partial charge in [-0.05, 0) is 30.7 Å². The minimum absolute atomic E-state index is 0.0830. The molecule has 0 spiro atoms. The van der Waals surface area contributed by atoms with Crippen LogP contribution in [0.4, 0.5) is 19.1 Å². The van der Waals surface area contributed by atoms with E-state index in [1.165, 1.54) is 6.20 Å². The second-order valence-corrected chi connectivity index (χ2v) is 8.45. The maximum atomic E-state index is 12.7. The minimum Gasteiger partial charge on any atom is -0.468 e. The Kier molecular flexibility index (Phi) is 7.25. The normalized spacial score (nSPS) is 11.6. The van der Waals surface area contributed by atoms with Gasteiger partial charge in [-0.1, -0.05) is 29.8 Å². The van der Waals surface area contributed by atoms with Crippen LogP contribution in [0.25, 0.3) is 0 Å². The number of rotatable bonds is 9. The third-order valence-corrected chi connectivity index (χ3v) is 5.42. The van der Waals surface area contributed by atoms with Crippen LogP contribution in [0.15, 0.2) is 55.0 Å². The van der Waals surface area contributed by atoms with E-state index in [1.807, 2.05) is 47.0 Å². The predicted octanol–water partition coefficient (Wildman–Crippen LogP) is 4.56. The first-order chi connectivity index (χ1) is 16.7. The van der Waals surface area contributed by atoms with Crippen molar-refractivity contribution in [1.29, 1.82) is 0 Å². The van der Waals surface area contributed by atoms with Gasteiger partial charge < -0.3 is 9.64 Å². The quantitative estimate of drug-likeness (QED) is 0.332. The second-order valence-electron chi connectivity index (χ2n) is 8.01. The zero-order valence-electron chi connectivity index (χ0n) is 19.1. The highest BCUT2D eigenvalue weighted by Crippen LogP contribution is 2.25. The lowest BCUT2D eigenvalue weighted by Crippen LogP contribution is -2.26. The fourth-order valence-electron chi connectivity index (χ4n) is 3.57. The van der Waals surface area contributed by atoms with Gasteiger partial charge in [0.15, 0.2) is 6.61 Å². The zero-order valence-corrected chi connectivity index (χ0v) is 19.8. The summed E-state index contributed by atoms with van der Waals surface area (Å²) in [5, 5.41) is 13.5. The Morgan fingerprint density at radius 2 is 1.80 bits per heavy atom. The number of ether oxygens (including phenoxy) is 1. The van der Waals surface area contributed by atoms with E-state index in [2.05, 4.69) is 20.3 Å². The molecule has 8 nitrogen and oxygen atoms in total. The minimum atomic E-state index is -4.47. The summed E-state index contributed by atoms with van der Waals surface area (Å²) in [4.78, 5) is 6.02. The molecule has 0 radical (unpaired) electrons. The fraction of sp³-hybridized carbons (Fsp3) is 0.304. The number of alkyl halides is 3. The molecule has 0 saturated carbocycles. The number of aromatic nitrogens is 6. The number of aryl methyl sites for hydroxylation is 2. The van der Waals surface area contributed by atoms with E-state index in [-0.39, 0.29) is 12.4 Å². The van der Waals surface area contributed by atoms with Crippen LogP contribution >= 0.6 is 11.6 Å². The first-order valence-electron chi connectivity index (χ1n) is 10.7. The lowest BCUT2D eigenvalue weighted by Gasteiger charge is -2.24. The molecule has 3 aromatic heterocycles. The van der Waals surface area contributed by atoms with Crippen LogP contribution in [0, 0.1) is 6.92 Å². The molecule has 4 rings (SSSR count). The molecular weight excluding hydrogens is 483 g/mol. The zero-order chi connectivity index (χ0) is 25.0. The molecule has 0 N–H and O–H groups in total. The molecule has 12 heteroatoms. The largest absolute Gasteiger partial charge is 0.468 e. The number of hydrogen-bond donors (Lipinski definition) is 0. The van der Waals surface area contributed by atoms with E-state index in [9.17, 15) is 13.2 Å². The molecule has 3 heterocycles. The SMILES string of the molecule is Cc1nnc(N(Cc2ccc(Cl)cc2)Cc2cnn(C)c2)n1Cc1cccnc1OCC(F)(F)F. The van der Waals surface area contributed by atoms with E-state index < -0.39 is 12.8 Å². The average molecular weight is 506 g/mol. The highest BCUT2D eigenvalue weighted by Gasteiger charge is 2.29.